The fourth-order valence-electron chi connectivity index (χ4n) is 3.02. The molecule has 0 saturated carbocycles. The van der Waals surface area contributed by atoms with Crippen LogP contribution in [0.5, 0.6) is 5.75 Å². The van der Waals surface area contributed by atoms with Crippen molar-refractivity contribution in [3.63, 3.8) is 0 Å². The van der Waals surface area contributed by atoms with Gasteiger partial charge in [-0.25, -0.2) is 12.8 Å². The van der Waals surface area contributed by atoms with Crippen LogP contribution in [0.1, 0.15) is 12.8 Å². The van der Waals surface area contributed by atoms with Gasteiger partial charge in [0.2, 0.25) is 10.0 Å². The summed E-state index contributed by atoms with van der Waals surface area (Å²) in [6, 6.07) is 14.0. The molecular weight excluding hydrogens is 385 g/mol. The van der Waals surface area contributed by atoms with Crippen molar-refractivity contribution >= 4 is 16.0 Å². The first-order valence-electron chi connectivity index (χ1n) is 9.07. The second-order valence-electron chi connectivity index (χ2n) is 6.46. The van der Waals surface area contributed by atoms with E-state index in [0.29, 0.717) is 18.6 Å². The van der Waals surface area contributed by atoms with Crippen LogP contribution >= 0.6 is 0 Å². The molecule has 0 radical (unpaired) electrons. The molecule has 1 saturated heterocycles. The van der Waals surface area contributed by atoms with E-state index < -0.39 is 15.8 Å². The predicted molar refractivity (Wildman–Crippen MR) is 101 cm³/mol. The van der Waals surface area contributed by atoms with E-state index in [-0.39, 0.29) is 43.1 Å². The molecule has 3 rings (SSSR count). The molecule has 0 aliphatic carbocycles. The number of sulfonamides is 1. The van der Waals surface area contributed by atoms with Crippen molar-refractivity contribution in [2.45, 2.75) is 17.7 Å². The minimum Gasteiger partial charge on any atom is -0.490 e. The number of hydrogen-bond acceptors (Lipinski definition) is 5. The molecule has 2 aromatic rings. The lowest BCUT2D eigenvalue weighted by molar-refractivity contribution is -0.150. The van der Waals surface area contributed by atoms with E-state index in [9.17, 15) is 17.6 Å². The number of para-hydroxylation sites is 1. The van der Waals surface area contributed by atoms with Crippen molar-refractivity contribution in [1.82, 2.24) is 4.31 Å². The van der Waals surface area contributed by atoms with Crippen LogP contribution in [0.2, 0.25) is 0 Å². The molecule has 0 atom stereocenters. The molecule has 1 aliphatic heterocycles. The summed E-state index contributed by atoms with van der Waals surface area (Å²) in [6.45, 7) is 0.843. The van der Waals surface area contributed by atoms with E-state index in [1.165, 1.54) is 16.4 Å². The molecule has 0 amide bonds. The maximum atomic E-state index is 13.0. The van der Waals surface area contributed by atoms with Gasteiger partial charge < -0.3 is 9.47 Å². The summed E-state index contributed by atoms with van der Waals surface area (Å²) >= 11 is 0. The van der Waals surface area contributed by atoms with Gasteiger partial charge in [0.05, 0.1) is 10.8 Å². The lowest BCUT2D eigenvalue weighted by Crippen LogP contribution is -2.40. The third-order valence-corrected chi connectivity index (χ3v) is 6.49. The van der Waals surface area contributed by atoms with E-state index in [0.717, 1.165) is 12.1 Å². The van der Waals surface area contributed by atoms with E-state index >= 15 is 0 Å². The van der Waals surface area contributed by atoms with Crippen molar-refractivity contribution in [1.29, 1.82) is 0 Å². The Bertz CT molecular complexity index is 879. The molecule has 0 N–H and O–H groups in total. The lowest BCUT2D eigenvalue weighted by atomic mass is 9.98. The fraction of sp³-hybridized carbons (Fsp3) is 0.350. The van der Waals surface area contributed by atoms with Gasteiger partial charge in [-0.1, -0.05) is 18.2 Å². The topological polar surface area (TPSA) is 72.9 Å². The molecule has 0 aromatic heterocycles. The normalized spacial score (nSPS) is 15.9. The number of nitrogens with zero attached hydrogens (tertiary/aromatic N) is 1. The van der Waals surface area contributed by atoms with Gasteiger partial charge in [-0.3, -0.25) is 4.79 Å². The summed E-state index contributed by atoms with van der Waals surface area (Å²) in [6.07, 6.45) is 0.775. The van der Waals surface area contributed by atoms with E-state index in [4.69, 9.17) is 9.47 Å². The second kappa shape index (κ2) is 9.16. The van der Waals surface area contributed by atoms with Crippen LogP contribution < -0.4 is 4.74 Å². The zero-order valence-corrected chi connectivity index (χ0v) is 16.1. The summed E-state index contributed by atoms with van der Waals surface area (Å²) in [5.74, 6) is -0.457. The number of halogens is 1. The quantitative estimate of drug-likeness (QED) is 0.521. The minimum absolute atomic E-state index is 0.0491. The SMILES string of the molecule is O=C(OCCOc1ccccc1)C1CCN(S(=O)(=O)c2ccc(F)cc2)CC1. The van der Waals surface area contributed by atoms with Crippen LogP contribution in [0.25, 0.3) is 0 Å². The van der Waals surface area contributed by atoms with Crippen LogP contribution in [0.4, 0.5) is 4.39 Å². The zero-order valence-electron chi connectivity index (χ0n) is 15.3. The summed E-state index contributed by atoms with van der Waals surface area (Å²) in [5, 5.41) is 0. The van der Waals surface area contributed by atoms with Crippen molar-refractivity contribution in [3.8, 4) is 5.75 Å². The number of carbonyl (C=O) groups excluding carboxylic acids is 1. The number of piperidine rings is 1. The predicted octanol–water partition coefficient (Wildman–Crippen LogP) is 2.85. The van der Waals surface area contributed by atoms with Gasteiger partial charge in [-0.2, -0.15) is 4.31 Å². The molecule has 0 unspecified atom stereocenters. The first kappa shape index (κ1) is 20.3. The van der Waals surface area contributed by atoms with Crippen LogP contribution in [0, 0.1) is 11.7 Å². The molecule has 0 bridgehead atoms. The molecule has 0 spiro atoms. The highest BCUT2D eigenvalue weighted by molar-refractivity contribution is 7.89. The molecule has 28 heavy (non-hydrogen) atoms. The van der Waals surface area contributed by atoms with Gasteiger partial charge in [0, 0.05) is 13.1 Å². The van der Waals surface area contributed by atoms with Gasteiger partial charge in [0.1, 0.15) is 24.8 Å². The van der Waals surface area contributed by atoms with Crippen molar-refractivity contribution < 1.29 is 27.1 Å². The van der Waals surface area contributed by atoms with Crippen molar-refractivity contribution in [2.24, 2.45) is 5.92 Å². The molecule has 1 fully saturated rings. The highest BCUT2D eigenvalue weighted by atomic mass is 32.2. The largest absolute Gasteiger partial charge is 0.490 e. The summed E-state index contributed by atoms with van der Waals surface area (Å²) in [5.41, 5.74) is 0. The number of ether oxygens (including phenoxy) is 2. The van der Waals surface area contributed by atoms with Crippen LogP contribution in [-0.4, -0.2) is 45.0 Å². The van der Waals surface area contributed by atoms with E-state index in [1.54, 1.807) is 0 Å². The first-order valence-corrected chi connectivity index (χ1v) is 10.5. The van der Waals surface area contributed by atoms with Crippen LogP contribution in [0.15, 0.2) is 59.5 Å². The Hall–Kier alpha value is -2.45. The number of rotatable bonds is 7. The van der Waals surface area contributed by atoms with E-state index in [2.05, 4.69) is 0 Å². The second-order valence-corrected chi connectivity index (χ2v) is 8.40. The highest BCUT2D eigenvalue weighted by Crippen LogP contribution is 2.24. The molecule has 150 valence electrons. The Morgan fingerprint density at radius 2 is 1.64 bits per heavy atom. The average molecular weight is 407 g/mol. The van der Waals surface area contributed by atoms with Gasteiger partial charge >= 0.3 is 5.97 Å². The van der Waals surface area contributed by atoms with Crippen LogP contribution in [-0.2, 0) is 19.6 Å². The smallest absolute Gasteiger partial charge is 0.309 e. The first-order chi connectivity index (χ1) is 13.5. The number of hydrogen-bond donors (Lipinski definition) is 0. The molecule has 6 nitrogen and oxygen atoms in total. The fourth-order valence-corrected chi connectivity index (χ4v) is 4.49. The molecular formula is C20H22FNO5S. The molecule has 2 aromatic carbocycles. The Morgan fingerprint density at radius 3 is 2.29 bits per heavy atom. The third kappa shape index (κ3) is 5.08. The molecule has 8 heteroatoms. The van der Waals surface area contributed by atoms with Gasteiger partial charge in [-0.05, 0) is 49.2 Å². The van der Waals surface area contributed by atoms with E-state index in [1.807, 2.05) is 30.3 Å². The van der Waals surface area contributed by atoms with Crippen LogP contribution in [0.3, 0.4) is 0 Å². The Balaban J connectivity index is 1.44. The number of benzene rings is 2. The summed E-state index contributed by atoms with van der Waals surface area (Å²) in [7, 11) is -3.68. The van der Waals surface area contributed by atoms with Gasteiger partial charge in [-0.15, -0.1) is 0 Å². The van der Waals surface area contributed by atoms with Crippen molar-refractivity contribution in [2.75, 3.05) is 26.3 Å². The number of esters is 1. The van der Waals surface area contributed by atoms with Gasteiger partial charge in [0.25, 0.3) is 0 Å². The Labute approximate surface area is 163 Å². The number of carbonyl (C=O) groups is 1. The zero-order chi connectivity index (χ0) is 20.0. The minimum atomic E-state index is -3.68. The lowest BCUT2D eigenvalue weighted by Gasteiger charge is -2.30. The monoisotopic (exact) mass is 407 g/mol. The van der Waals surface area contributed by atoms with Gasteiger partial charge in [0.15, 0.2) is 0 Å². The molecule has 1 aliphatic rings. The Morgan fingerprint density at radius 1 is 1.00 bits per heavy atom. The molecule has 1 heterocycles. The average Bonchev–Trinajstić information content (AvgIpc) is 2.72. The maximum absolute atomic E-state index is 13.0. The Kier molecular flexibility index (Phi) is 6.64. The van der Waals surface area contributed by atoms with Crippen molar-refractivity contribution in [3.05, 3.63) is 60.4 Å². The summed E-state index contributed by atoms with van der Waals surface area (Å²) in [4.78, 5) is 12.2. The summed E-state index contributed by atoms with van der Waals surface area (Å²) < 4.78 is 50.2. The highest BCUT2D eigenvalue weighted by Gasteiger charge is 2.32. The standard InChI is InChI=1S/C20H22FNO5S/c21-17-6-8-19(9-7-17)28(24,25)22-12-10-16(11-13-22)20(23)27-15-14-26-18-4-2-1-3-5-18/h1-9,16H,10-15H2. The third-order valence-electron chi connectivity index (χ3n) is 4.58. The maximum Gasteiger partial charge on any atom is 0.309 e.